The van der Waals surface area contributed by atoms with Gasteiger partial charge in [0.25, 0.3) is 0 Å². The van der Waals surface area contributed by atoms with Crippen LogP contribution >= 0.6 is 27.5 Å². The second-order valence-electron chi connectivity index (χ2n) is 3.21. The van der Waals surface area contributed by atoms with Crippen LogP contribution in [0.15, 0.2) is 28.9 Å². The molecular weight excluding hydrogens is 314 g/mol. The van der Waals surface area contributed by atoms with Gasteiger partial charge >= 0.3 is 0 Å². The first kappa shape index (κ1) is 12.0. The lowest BCUT2D eigenvalue weighted by Crippen LogP contribution is -1.96. The van der Waals surface area contributed by atoms with Crippen molar-refractivity contribution in [2.45, 2.75) is 5.75 Å². The van der Waals surface area contributed by atoms with E-state index in [1.54, 1.807) is 0 Å². The second kappa shape index (κ2) is 4.79. The minimum absolute atomic E-state index is 0.117. The number of nitrogens with zero attached hydrogens (tertiary/aromatic N) is 1. The smallest absolute Gasteiger partial charge is 0.0717 e. The molecule has 1 aromatic heterocycles. The van der Waals surface area contributed by atoms with Gasteiger partial charge in [-0.1, -0.05) is 38.6 Å². The minimum Gasteiger partial charge on any atom is -0.772 e. The van der Waals surface area contributed by atoms with E-state index in [4.69, 9.17) is 11.6 Å². The number of benzene rings is 1. The number of rotatable bonds is 2. The monoisotopic (exact) mass is 318 g/mol. The summed E-state index contributed by atoms with van der Waals surface area (Å²) in [6, 6.07) is 5.50. The van der Waals surface area contributed by atoms with Crippen molar-refractivity contribution < 1.29 is 8.76 Å². The van der Waals surface area contributed by atoms with E-state index >= 15 is 0 Å². The zero-order valence-electron chi connectivity index (χ0n) is 7.94. The van der Waals surface area contributed by atoms with Crippen molar-refractivity contribution in [2.75, 3.05) is 0 Å². The molecule has 0 aliphatic carbocycles. The highest BCUT2D eigenvalue weighted by molar-refractivity contribution is 9.10. The van der Waals surface area contributed by atoms with Crippen molar-refractivity contribution in [1.82, 2.24) is 4.98 Å². The van der Waals surface area contributed by atoms with Gasteiger partial charge in [0.05, 0.1) is 10.5 Å². The van der Waals surface area contributed by atoms with Crippen LogP contribution < -0.4 is 0 Å². The number of fused-ring (bicyclic) bond motifs is 1. The summed E-state index contributed by atoms with van der Waals surface area (Å²) >= 11 is 7.30. The molecular formula is C10H6BrClNO2S-. The van der Waals surface area contributed by atoms with Gasteiger partial charge in [0.15, 0.2) is 0 Å². The molecule has 0 saturated heterocycles. The molecule has 1 unspecified atom stereocenters. The summed E-state index contributed by atoms with van der Waals surface area (Å²) in [6.45, 7) is 0. The Bertz CT molecular complexity index is 576. The Morgan fingerprint density at radius 2 is 2.25 bits per heavy atom. The van der Waals surface area contributed by atoms with Crippen LogP contribution in [0.4, 0.5) is 0 Å². The predicted molar refractivity (Wildman–Crippen MR) is 67.1 cm³/mol. The van der Waals surface area contributed by atoms with Crippen LogP contribution in [0.5, 0.6) is 0 Å². The summed E-state index contributed by atoms with van der Waals surface area (Å²) in [5, 5.41) is 1.19. The largest absolute Gasteiger partial charge is 0.772 e. The quantitative estimate of drug-likeness (QED) is 0.800. The van der Waals surface area contributed by atoms with Crippen LogP contribution in [0.3, 0.4) is 0 Å². The van der Waals surface area contributed by atoms with Gasteiger partial charge in [0.1, 0.15) is 0 Å². The molecule has 2 rings (SSSR count). The molecule has 0 amide bonds. The molecule has 0 fully saturated rings. The van der Waals surface area contributed by atoms with E-state index in [0.29, 0.717) is 10.6 Å². The summed E-state index contributed by atoms with van der Waals surface area (Å²) < 4.78 is 22.1. The minimum atomic E-state index is -2.16. The molecule has 0 spiro atoms. The lowest BCUT2D eigenvalue weighted by atomic mass is 10.2. The molecule has 1 heterocycles. The first-order valence-corrected chi connectivity index (χ1v) is 6.78. The topological polar surface area (TPSA) is 53.0 Å². The molecule has 1 aromatic carbocycles. The Morgan fingerprint density at radius 1 is 1.50 bits per heavy atom. The summed E-state index contributed by atoms with van der Waals surface area (Å²) in [7, 11) is 0. The van der Waals surface area contributed by atoms with Crippen molar-refractivity contribution in [3.05, 3.63) is 39.5 Å². The fourth-order valence-electron chi connectivity index (χ4n) is 1.40. The highest BCUT2D eigenvalue weighted by Crippen LogP contribution is 2.28. The molecule has 84 valence electrons. The third-order valence-corrected chi connectivity index (χ3v) is 3.60. The van der Waals surface area contributed by atoms with Crippen molar-refractivity contribution in [3.8, 4) is 0 Å². The fraction of sp³-hybridized carbons (Fsp3) is 0.100. The molecule has 1 atom stereocenters. The maximum atomic E-state index is 10.6. The van der Waals surface area contributed by atoms with Gasteiger partial charge < -0.3 is 4.55 Å². The van der Waals surface area contributed by atoms with Crippen LogP contribution in [0.2, 0.25) is 5.02 Å². The first-order chi connectivity index (χ1) is 7.58. The third kappa shape index (κ3) is 2.43. The van der Waals surface area contributed by atoms with E-state index < -0.39 is 11.1 Å². The van der Waals surface area contributed by atoms with Crippen molar-refractivity contribution in [2.24, 2.45) is 0 Å². The standard InChI is InChI=1S/C10H7BrClNO2S/c11-7-1-2-9-8(3-7)10(12)6(4-13-9)5-16(14)15/h1-4H,5H2,(H,14,15)/p-1. The summed E-state index contributed by atoms with van der Waals surface area (Å²) in [5.41, 5.74) is 1.26. The zero-order valence-corrected chi connectivity index (χ0v) is 11.1. The number of hydrogen-bond acceptors (Lipinski definition) is 3. The molecule has 2 aromatic rings. The van der Waals surface area contributed by atoms with E-state index in [9.17, 15) is 8.76 Å². The van der Waals surface area contributed by atoms with Gasteiger partial charge in [-0.2, -0.15) is 0 Å². The molecule has 16 heavy (non-hydrogen) atoms. The molecule has 0 aliphatic heterocycles. The number of pyridine rings is 1. The second-order valence-corrected chi connectivity index (χ2v) is 5.40. The van der Waals surface area contributed by atoms with Crippen molar-refractivity contribution in [1.29, 1.82) is 0 Å². The van der Waals surface area contributed by atoms with Crippen LogP contribution in [0, 0.1) is 0 Å². The maximum Gasteiger partial charge on any atom is 0.0717 e. The van der Waals surface area contributed by atoms with Gasteiger partial charge in [-0.05, 0) is 18.2 Å². The summed E-state index contributed by atoms with van der Waals surface area (Å²) in [6.07, 6.45) is 1.49. The first-order valence-electron chi connectivity index (χ1n) is 4.36. The Hall–Kier alpha value is -0.490. The molecule has 0 aliphatic rings. The molecule has 0 radical (unpaired) electrons. The highest BCUT2D eigenvalue weighted by atomic mass is 79.9. The van der Waals surface area contributed by atoms with E-state index in [0.717, 1.165) is 15.4 Å². The Labute approximate surface area is 108 Å². The van der Waals surface area contributed by atoms with E-state index in [-0.39, 0.29) is 5.75 Å². The average molecular weight is 320 g/mol. The maximum absolute atomic E-state index is 10.6. The van der Waals surface area contributed by atoms with Crippen LogP contribution in [0.25, 0.3) is 10.9 Å². The summed E-state index contributed by atoms with van der Waals surface area (Å²) in [5.74, 6) is -0.117. The Balaban J connectivity index is 2.63. The van der Waals surface area contributed by atoms with E-state index in [1.165, 1.54) is 6.20 Å². The molecule has 6 heteroatoms. The molecule has 0 bridgehead atoms. The average Bonchev–Trinajstić information content (AvgIpc) is 2.22. The number of hydrogen-bond donors (Lipinski definition) is 0. The molecule has 0 N–H and O–H groups in total. The van der Waals surface area contributed by atoms with E-state index in [2.05, 4.69) is 20.9 Å². The third-order valence-electron chi connectivity index (χ3n) is 2.11. The van der Waals surface area contributed by atoms with Crippen molar-refractivity contribution >= 4 is 49.5 Å². The van der Waals surface area contributed by atoms with Crippen LogP contribution in [0.1, 0.15) is 5.56 Å². The number of aromatic nitrogens is 1. The lowest BCUT2D eigenvalue weighted by Gasteiger charge is -2.09. The zero-order chi connectivity index (χ0) is 11.7. The van der Waals surface area contributed by atoms with Gasteiger partial charge in [0.2, 0.25) is 0 Å². The van der Waals surface area contributed by atoms with Gasteiger partial charge in [-0.3, -0.25) is 9.19 Å². The normalized spacial score (nSPS) is 12.9. The van der Waals surface area contributed by atoms with Gasteiger partial charge in [0, 0.05) is 27.4 Å². The van der Waals surface area contributed by atoms with E-state index in [1.807, 2.05) is 18.2 Å². The Kier molecular flexibility index (Phi) is 3.59. The number of halogens is 2. The fourth-order valence-corrected chi connectivity index (χ4v) is 2.58. The Morgan fingerprint density at radius 3 is 2.94 bits per heavy atom. The molecule has 0 saturated carbocycles. The van der Waals surface area contributed by atoms with Crippen LogP contribution in [-0.2, 0) is 16.8 Å². The lowest BCUT2D eigenvalue weighted by molar-refractivity contribution is 0.536. The highest BCUT2D eigenvalue weighted by Gasteiger charge is 2.07. The molecule has 3 nitrogen and oxygen atoms in total. The predicted octanol–water partition coefficient (Wildman–Crippen LogP) is 3.03. The summed E-state index contributed by atoms with van der Waals surface area (Å²) in [4.78, 5) is 4.16. The SMILES string of the molecule is O=S([O-])Cc1cnc2ccc(Br)cc2c1Cl. The van der Waals surface area contributed by atoms with Crippen molar-refractivity contribution in [3.63, 3.8) is 0 Å². The van der Waals surface area contributed by atoms with Gasteiger partial charge in [-0.15, -0.1) is 0 Å². The van der Waals surface area contributed by atoms with Gasteiger partial charge in [-0.25, -0.2) is 0 Å². The van der Waals surface area contributed by atoms with Crippen LogP contribution in [-0.4, -0.2) is 13.7 Å².